The van der Waals surface area contributed by atoms with Crippen molar-refractivity contribution in [2.75, 3.05) is 24.7 Å². The summed E-state index contributed by atoms with van der Waals surface area (Å²) in [6, 6.07) is 6.57. The van der Waals surface area contributed by atoms with Crippen LogP contribution < -0.4 is 4.90 Å². The largest absolute Gasteiger partial charge is 0.392 e. The van der Waals surface area contributed by atoms with Gasteiger partial charge in [0.05, 0.1) is 19.8 Å². The summed E-state index contributed by atoms with van der Waals surface area (Å²) >= 11 is 0. The summed E-state index contributed by atoms with van der Waals surface area (Å²) < 4.78 is 5.44. The topological polar surface area (TPSA) is 32.7 Å². The first-order valence-electron chi connectivity index (χ1n) is 5.77. The summed E-state index contributed by atoms with van der Waals surface area (Å²) in [5.74, 6) is 0. The van der Waals surface area contributed by atoms with Gasteiger partial charge in [0.15, 0.2) is 0 Å². The number of ether oxygens (including phenoxy) is 1. The van der Waals surface area contributed by atoms with Crippen molar-refractivity contribution < 1.29 is 9.84 Å². The Kier molecular flexibility index (Phi) is 3.46. The van der Waals surface area contributed by atoms with Crippen molar-refractivity contribution in [2.45, 2.75) is 26.5 Å². The Morgan fingerprint density at radius 2 is 2.31 bits per heavy atom. The SMILES string of the molecule is Cc1cc(CO)ccc1N1CCOCC1C. The standard InChI is InChI=1S/C13H19NO2/c1-10-7-12(8-15)3-4-13(10)14-5-6-16-9-11(14)2/h3-4,7,11,15H,5-6,8-9H2,1-2H3. The maximum Gasteiger partial charge on any atom is 0.0681 e. The number of aliphatic hydroxyl groups is 1. The highest BCUT2D eigenvalue weighted by molar-refractivity contribution is 5.55. The van der Waals surface area contributed by atoms with Crippen molar-refractivity contribution in [2.24, 2.45) is 0 Å². The molecule has 1 aromatic rings. The summed E-state index contributed by atoms with van der Waals surface area (Å²) in [5, 5.41) is 9.08. The second kappa shape index (κ2) is 4.85. The number of morpholine rings is 1. The lowest BCUT2D eigenvalue weighted by Gasteiger charge is -2.36. The van der Waals surface area contributed by atoms with Crippen LogP contribution in [0.5, 0.6) is 0 Å². The van der Waals surface area contributed by atoms with Crippen LogP contribution in [0, 0.1) is 6.92 Å². The van der Waals surface area contributed by atoms with Crippen LogP contribution in [0.25, 0.3) is 0 Å². The van der Waals surface area contributed by atoms with Gasteiger partial charge in [0.1, 0.15) is 0 Å². The Morgan fingerprint density at radius 3 is 2.94 bits per heavy atom. The van der Waals surface area contributed by atoms with Crippen LogP contribution in [-0.4, -0.2) is 30.9 Å². The van der Waals surface area contributed by atoms with Crippen molar-refractivity contribution in [1.29, 1.82) is 0 Å². The molecule has 2 rings (SSSR count). The lowest BCUT2D eigenvalue weighted by atomic mass is 10.1. The molecule has 3 nitrogen and oxygen atoms in total. The van der Waals surface area contributed by atoms with Gasteiger partial charge in [-0.1, -0.05) is 12.1 Å². The van der Waals surface area contributed by atoms with Gasteiger partial charge >= 0.3 is 0 Å². The number of anilines is 1. The molecule has 0 aromatic heterocycles. The maximum atomic E-state index is 9.08. The third kappa shape index (κ3) is 2.20. The van der Waals surface area contributed by atoms with E-state index in [-0.39, 0.29) is 6.61 Å². The molecule has 1 aliphatic rings. The Morgan fingerprint density at radius 1 is 1.50 bits per heavy atom. The monoisotopic (exact) mass is 221 g/mol. The number of hydrogen-bond acceptors (Lipinski definition) is 3. The van der Waals surface area contributed by atoms with E-state index in [1.165, 1.54) is 11.3 Å². The predicted molar refractivity (Wildman–Crippen MR) is 64.7 cm³/mol. The third-order valence-electron chi connectivity index (χ3n) is 3.12. The summed E-state index contributed by atoms with van der Waals surface area (Å²) in [4.78, 5) is 2.37. The smallest absolute Gasteiger partial charge is 0.0681 e. The molecular formula is C13H19NO2. The van der Waals surface area contributed by atoms with E-state index >= 15 is 0 Å². The van der Waals surface area contributed by atoms with E-state index in [0.717, 1.165) is 25.3 Å². The van der Waals surface area contributed by atoms with Crippen molar-refractivity contribution in [3.8, 4) is 0 Å². The molecule has 1 aromatic carbocycles. The molecule has 0 aliphatic carbocycles. The fourth-order valence-corrected chi connectivity index (χ4v) is 2.22. The van der Waals surface area contributed by atoms with Gasteiger partial charge in [-0.25, -0.2) is 0 Å². The van der Waals surface area contributed by atoms with Crippen LogP contribution in [0.3, 0.4) is 0 Å². The van der Waals surface area contributed by atoms with E-state index in [4.69, 9.17) is 9.84 Å². The second-order valence-electron chi connectivity index (χ2n) is 4.40. The van der Waals surface area contributed by atoms with Gasteiger partial charge in [0.2, 0.25) is 0 Å². The van der Waals surface area contributed by atoms with Crippen molar-refractivity contribution in [1.82, 2.24) is 0 Å². The van der Waals surface area contributed by atoms with Crippen LogP contribution >= 0.6 is 0 Å². The van der Waals surface area contributed by atoms with Crippen molar-refractivity contribution >= 4 is 5.69 Å². The zero-order valence-corrected chi connectivity index (χ0v) is 9.94. The number of aryl methyl sites for hydroxylation is 1. The Bertz CT molecular complexity index is 365. The van der Waals surface area contributed by atoms with E-state index in [9.17, 15) is 0 Å². The molecule has 1 atom stereocenters. The van der Waals surface area contributed by atoms with Gasteiger partial charge in [-0.3, -0.25) is 0 Å². The summed E-state index contributed by atoms with van der Waals surface area (Å²) in [7, 11) is 0. The first-order chi connectivity index (χ1) is 7.72. The van der Waals surface area contributed by atoms with Gasteiger partial charge in [-0.15, -0.1) is 0 Å². The molecule has 1 fully saturated rings. The normalized spacial score (nSPS) is 21.2. The first kappa shape index (κ1) is 11.4. The molecule has 0 radical (unpaired) electrons. The predicted octanol–water partition coefficient (Wildman–Crippen LogP) is 1.71. The van der Waals surface area contributed by atoms with Crippen LogP contribution in [0.4, 0.5) is 5.69 Å². The van der Waals surface area contributed by atoms with Crippen LogP contribution in [0.15, 0.2) is 18.2 Å². The average molecular weight is 221 g/mol. The fourth-order valence-electron chi connectivity index (χ4n) is 2.22. The maximum absolute atomic E-state index is 9.08. The molecule has 1 saturated heterocycles. The van der Waals surface area contributed by atoms with Crippen LogP contribution in [0.2, 0.25) is 0 Å². The minimum absolute atomic E-state index is 0.111. The molecule has 1 N–H and O–H groups in total. The molecule has 1 unspecified atom stereocenters. The highest BCUT2D eigenvalue weighted by Gasteiger charge is 2.20. The minimum Gasteiger partial charge on any atom is -0.392 e. The minimum atomic E-state index is 0.111. The number of benzene rings is 1. The van der Waals surface area contributed by atoms with Gasteiger partial charge < -0.3 is 14.7 Å². The van der Waals surface area contributed by atoms with Gasteiger partial charge in [-0.2, -0.15) is 0 Å². The number of nitrogens with zero attached hydrogens (tertiary/aromatic N) is 1. The van der Waals surface area contributed by atoms with E-state index < -0.39 is 0 Å². The molecule has 1 aliphatic heterocycles. The number of aliphatic hydroxyl groups excluding tert-OH is 1. The Labute approximate surface area is 96.6 Å². The Balaban J connectivity index is 2.25. The molecule has 0 saturated carbocycles. The van der Waals surface area contributed by atoms with Crippen LogP contribution in [0.1, 0.15) is 18.1 Å². The Hall–Kier alpha value is -1.06. The summed E-state index contributed by atoms with van der Waals surface area (Å²) in [6.07, 6.45) is 0. The lowest BCUT2D eigenvalue weighted by molar-refractivity contribution is 0.0989. The zero-order valence-electron chi connectivity index (χ0n) is 9.94. The second-order valence-corrected chi connectivity index (χ2v) is 4.40. The summed E-state index contributed by atoms with van der Waals surface area (Å²) in [6.45, 7) is 6.92. The first-order valence-corrected chi connectivity index (χ1v) is 5.77. The third-order valence-corrected chi connectivity index (χ3v) is 3.12. The van der Waals surface area contributed by atoms with E-state index in [2.05, 4.69) is 30.9 Å². The fraction of sp³-hybridized carbons (Fsp3) is 0.538. The van der Waals surface area contributed by atoms with E-state index in [1.54, 1.807) is 0 Å². The van der Waals surface area contributed by atoms with Gasteiger partial charge in [0, 0.05) is 18.3 Å². The van der Waals surface area contributed by atoms with Gasteiger partial charge in [0.25, 0.3) is 0 Å². The van der Waals surface area contributed by atoms with Crippen molar-refractivity contribution in [3.05, 3.63) is 29.3 Å². The van der Waals surface area contributed by atoms with Crippen molar-refractivity contribution in [3.63, 3.8) is 0 Å². The van der Waals surface area contributed by atoms with E-state index in [1.807, 2.05) is 6.07 Å². The molecule has 1 heterocycles. The quantitative estimate of drug-likeness (QED) is 0.825. The number of hydrogen-bond donors (Lipinski definition) is 1. The molecule has 0 bridgehead atoms. The molecule has 0 spiro atoms. The average Bonchev–Trinajstić information content (AvgIpc) is 2.30. The molecule has 0 amide bonds. The van der Waals surface area contributed by atoms with Gasteiger partial charge in [-0.05, 0) is 31.0 Å². The highest BCUT2D eigenvalue weighted by atomic mass is 16.5. The summed E-state index contributed by atoms with van der Waals surface area (Å²) in [5.41, 5.74) is 3.45. The molecule has 3 heteroatoms. The van der Waals surface area contributed by atoms with Crippen LogP contribution in [-0.2, 0) is 11.3 Å². The highest BCUT2D eigenvalue weighted by Crippen LogP contribution is 2.24. The van der Waals surface area contributed by atoms with E-state index in [0.29, 0.717) is 6.04 Å². The lowest BCUT2D eigenvalue weighted by Crippen LogP contribution is -2.44. The zero-order chi connectivity index (χ0) is 11.5. The molecule has 88 valence electrons. The molecular weight excluding hydrogens is 202 g/mol. The number of rotatable bonds is 2. The molecule has 16 heavy (non-hydrogen) atoms.